The molecule has 74 valence electrons. The van der Waals surface area contributed by atoms with Crippen molar-refractivity contribution in [2.24, 2.45) is 0 Å². The molecule has 0 fully saturated rings. The second-order valence-corrected chi connectivity index (χ2v) is 3.16. The Balaban J connectivity index is 0. The monoisotopic (exact) mass is 200 g/mol. The normalized spacial score (nSPS) is 9.67. The number of ether oxygens (including phenoxy) is 1. The fourth-order valence-electron chi connectivity index (χ4n) is 0.207. The van der Waals surface area contributed by atoms with Gasteiger partial charge in [0.15, 0.2) is 0 Å². The van der Waals surface area contributed by atoms with Gasteiger partial charge >= 0.3 is 5.97 Å². The number of hydrogen-bond acceptors (Lipinski definition) is 5. The Morgan fingerprint density at radius 2 is 1.83 bits per heavy atom. The molecule has 12 heavy (non-hydrogen) atoms. The Morgan fingerprint density at radius 3 is 1.92 bits per heavy atom. The first-order valence-electron chi connectivity index (χ1n) is 3.00. The topological polar surface area (TPSA) is 101 Å². The van der Waals surface area contributed by atoms with E-state index in [1.165, 1.54) is 0 Å². The van der Waals surface area contributed by atoms with E-state index < -0.39 is 22.7 Å². The lowest BCUT2D eigenvalue weighted by molar-refractivity contribution is -0.146. The summed E-state index contributed by atoms with van der Waals surface area (Å²) in [6, 6.07) is 0. The third-order valence-corrected chi connectivity index (χ3v) is 0.434. The fourth-order valence-corrected chi connectivity index (χ4v) is 0.207. The predicted octanol–water partition coefficient (Wildman–Crippen LogP) is -0.954. The van der Waals surface area contributed by atoms with Crippen LogP contribution in [0.25, 0.3) is 0 Å². The van der Waals surface area contributed by atoms with Crippen molar-refractivity contribution in [3.63, 3.8) is 0 Å². The average molecular weight is 200 g/mol. The quantitative estimate of drug-likeness (QED) is 0.440. The Morgan fingerprint density at radius 1 is 1.50 bits per heavy atom. The number of rotatable bonds is 2. The molecule has 0 spiro atoms. The Hall–Kier alpha value is -0.660. The van der Waals surface area contributed by atoms with Gasteiger partial charge < -0.3 is 9.84 Å². The Labute approximate surface area is 70.9 Å². The van der Waals surface area contributed by atoms with Crippen LogP contribution in [0.3, 0.4) is 0 Å². The van der Waals surface area contributed by atoms with Crippen molar-refractivity contribution >= 4 is 16.1 Å². The molecule has 0 heterocycles. The minimum Gasteiger partial charge on any atom is -0.464 e. The third-order valence-electron chi connectivity index (χ3n) is 0.434. The first kappa shape index (κ1) is 13.9. The molecule has 0 radical (unpaired) electrons. The van der Waals surface area contributed by atoms with E-state index >= 15 is 0 Å². The number of carbonyl (C=O) groups is 1. The maximum absolute atomic E-state index is 9.94. The molecule has 0 aliphatic carbocycles. The molecule has 0 aliphatic rings. The van der Waals surface area contributed by atoms with Gasteiger partial charge in [-0.05, 0) is 6.92 Å². The minimum atomic E-state index is -3.67. The van der Waals surface area contributed by atoms with Gasteiger partial charge in [0.2, 0.25) is 0 Å². The molecule has 0 atom stereocenters. The molecule has 0 bridgehead atoms. The third kappa shape index (κ3) is 34.5. The summed E-state index contributed by atoms with van der Waals surface area (Å²) >= 11 is 0. The van der Waals surface area contributed by atoms with Crippen LogP contribution in [0.15, 0.2) is 0 Å². The van der Waals surface area contributed by atoms with Crippen molar-refractivity contribution in [3.8, 4) is 0 Å². The fraction of sp³-hybridized carbons (Fsp3) is 0.800. The summed E-state index contributed by atoms with van der Waals surface area (Å²) in [6.45, 7) is 1.50. The molecule has 0 amide bonds. The Bertz CT molecular complexity index is 198. The number of hydrogen-bond donors (Lipinski definition) is 2. The number of aliphatic hydroxyl groups is 1. The lowest BCUT2D eigenvalue weighted by atomic mass is 10.7. The largest absolute Gasteiger partial charge is 0.464 e. The van der Waals surface area contributed by atoms with E-state index in [0.717, 1.165) is 0 Å². The molecule has 0 aliphatic heterocycles. The standard InChI is InChI=1S/C4H8O3.CH4O3S/c1-2-7-4(6)3-5;1-5(2,3)4/h5H,2-3H2,1H3;1H3,(H,2,3,4). The van der Waals surface area contributed by atoms with Crippen LogP contribution in [0.1, 0.15) is 6.92 Å². The van der Waals surface area contributed by atoms with E-state index in [4.69, 9.17) is 9.66 Å². The second-order valence-electron chi connectivity index (χ2n) is 1.70. The molecule has 0 saturated heterocycles. The smallest absolute Gasteiger partial charge is 0.331 e. The van der Waals surface area contributed by atoms with Crippen LogP contribution in [-0.4, -0.2) is 43.5 Å². The van der Waals surface area contributed by atoms with Gasteiger partial charge in [0.1, 0.15) is 6.61 Å². The van der Waals surface area contributed by atoms with E-state index in [0.29, 0.717) is 12.9 Å². The zero-order valence-corrected chi connectivity index (χ0v) is 7.67. The molecular formula is C5H12O6S. The van der Waals surface area contributed by atoms with Gasteiger partial charge in [-0.15, -0.1) is 0 Å². The summed E-state index contributed by atoms with van der Waals surface area (Å²) in [6.07, 6.45) is 0.715. The van der Waals surface area contributed by atoms with Crippen LogP contribution in [-0.2, 0) is 19.6 Å². The lowest BCUT2D eigenvalue weighted by Gasteiger charge is -1.93. The van der Waals surface area contributed by atoms with Gasteiger partial charge in [-0.3, -0.25) is 4.55 Å². The summed E-state index contributed by atoms with van der Waals surface area (Å²) in [5.74, 6) is -0.567. The van der Waals surface area contributed by atoms with Crippen molar-refractivity contribution in [1.29, 1.82) is 0 Å². The van der Waals surface area contributed by atoms with Gasteiger partial charge in [0, 0.05) is 0 Å². The maximum Gasteiger partial charge on any atom is 0.331 e. The first-order chi connectivity index (χ1) is 5.31. The molecule has 0 saturated carbocycles. The van der Waals surface area contributed by atoms with Gasteiger partial charge in [0.05, 0.1) is 12.9 Å². The predicted molar refractivity (Wildman–Crippen MR) is 41.2 cm³/mol. The molecule has 0 aromatic rings. The van der Waals surface area contributed by atoms with Gasteiger partial charge in [-0.25, -0.2) is 4.79 Å². The van der Waals surface area contributed by atoms with Crippen LogP contribution in [0, 0.1) is 0 Å². The van der Waals surface area contributed by atoms with Gasteiger partial charge in [-0.1, -0.05) is 0 Å². The highest BCUT2D eigenvalue weighted by molar-refractivity contribution is 7.85. The SMILES string of the molecule is CCOC(=O)CO.CS(=O)(=O)O. The van der Waals surface area contributed by atoms with Gasteiger partial charge in [0.25, 0.3) is 10.1 Å². The van der Waals surface area contributed by atoms with Crippen molar-refractivity contribution in [3.05, 3.63) is 0 Å². The highest BCUT2D eigenvalue weighted by Crippen LogP contribution is 1.71. The van der Waals surface area contributed by atoms with Crippen LogP contribution in [0.4, 0.5) is 0 Å². The lowest BCUT2D eigenvalue weighted by Crippen LogP contribution is -2.07. The second kappa shape index (κ2) is 7.01. The summed E-state index contributed by atoms with van der Waals surface area (Å²) in [4.78, 5) is 9.94. The first-order valence-corrected chi connectivity index (χ1v) is 4.85. The Kier molecular flexibility index (Phi) is 8.12. The molecule has 0 aromatic heterocycles. The van der Waals surface area contributed by atoms with E-state index in [-0.39, 0.29) is 0 Å². The van der Waals surface area contributed by atoms with Crippen molar-refractivity contribution in [1.82, 2.24) is 0 Å². The molecule has 6 nitrogen and oxygen atoms in total. The van der Waals surface area contributed by atoms with Crippen LogP contribution < -0.4 is 0 Å². The molecule has 0 aromatic carbocycles. The minimum absolute atomic E-state index is 0.333. The molecule has 0 rings (SSSR count). The number of carbonyl (C=O) groups excluding carboxylic acids is 1. The van der Waals surface area contributed by atoms with Gasteiger partial charge in [-0.2, -0.15) is 8.42 Å². The van der Waals surface area contributed by atoms with E-state index in [1.807, 2.05) is 0 Å². The molecule has 0 unspecified atom stereocenters. The summed E-state index contributed by atoms with van der Waals surface area (Å²) in [5.41, 5.74) is 0. The van der Waals surface area contributed by atoms with E-state index in [9.17, 15) is 13.2 Å². The van der Waals surface area contributed by atoms with Crippen LogP contribution >= 0.6 is 0 Å². The van der Waals surface area contributed by atoms with Crippen LogP contribution in [0.5, 0.6) is 0 Å². The van der Waals surface area contributed by atoms with E-state index in [1.54, 1.807) is 6.92 Å². The van der Waals surface area contributed by atoms with Crippen molar-refractivity contribution < 1.29 is 27.6 Å². The average Bonchev–Trinajstić information content (AvgIpc) is 1.85. The summed E-state index contributed by atoms with van der Waals surface area (Å²) in [5, 5.41) is 7.99. The zero-order valence-electron chi connectivity index (χ0n) is 6.85. The highest BCUT2D eigenvalue weighted by Gasteiger charge is 1.92. The molecule has 7 heteroatoms. The zero-order chi connectivity index (χ0) is 10.2. The molecular weight excluding hydrogens is 188 g/mol. The number of esters is 1. The highest BCUT2D eigenvalue weighted by atomic mass is 32.2. The summed E-state index contributed by atoms with van der Waals surface area (Å²) < 4.78 is 30.2. The maximum atomic E-state index is 9.94. The van der Waals surface area contributed by atoms with Crippen molar-refractivity contribution in [2.75, 3.05) is 19.5 Å². The van der Waals surface area contributed by atoms with Crippen molar-refractivity contribution in [2.45, 2.75) is 6.92 Å². The van der Waals surface area contributed by atoms with Crippen LogP contribution in [0.2, 0.25) is 0 Å². The number of aliphatic hydroxyl groups excluding tert-OH is 1. The van der Waals surface area contributed by atoms with E-state index in [2.05, 4.69) is 4.74 Å². The summed E-state index contributed by atoms with van der Waals surface area (Å²) in [7, 11) is -3.67. The molecule has 2 N–H and O–H groups in total.